The summed E-state index contributed by atoms with van der Waals surface area (Å²) in [6.07, 6.45) is 1.58. The lowest BCUT2D eigenvalue weighted by atomic mass is 10.0. The molecule has 0 amide bonds. The van der Waals surface area contributed by atoms with E-state index in [0.717, 1.165) is 30.3 Å². The highest BCUT2D eigenvalue weighted by molar-refractivity contribution is 5.56. The van der Waals surface area contributed by atoms with E-state index in [1.807, 2.05) is 17.9 Å². The lowest BCUT2D eigenvalue weighted by molar-refractivity contribution is 0.375. The van der Waals surface area contributed by atoms with Crippen molar-refractivity contribution < 1.29 is 13.3 Å². The number of halogens is 2. The summed E-state index contributed by atoms with van der Waals surface area (Å²) >= 11 is 0. The molecular weight excluding hydrogens is 250 g/mol. The Morgan fingerprint density at radius 3 is 2.89 bits per heavy atom. The molecule has 0 spiro atoms. The summed E-state index contributed by atoms with van der Waals surface area (Å²) in [4.78, 5) is 1.88. The van der Waals surface area contributed by atoms with Crippen LogP contribution in [0.25, 0.3) is 0 Å². The zero-order valence-electron chi connectivity index (χ0n) is 10.6. The monoisotopic (exact) mass is 264 g/mol. The van der Waals surface area contributed by atoms with Crippen molar-refractivity contribution in [2.45, 2.75) is 26.3 Å². The van der Waals surface area contributed by atoms with Crippen LogP contribution in [0.5, 0.6) is 0 Å². The summed E-state index contributed by atoms with van der Waals surface area (Å²) in [5.41, 5.74) is 2.01. The second kappa shape index (κ2) is 4.64. The van der Waals surface area contributed by atoms with E-state index in [4.69, 9.17) is 4.52 Å². The lowest BCUT2D eigenvalue weighted by Gasteiger charge is -2.30. The van der Waals surface area contributed by atoms with Crippen molar-refractivity contribution in [3.63, 3.8) is 0 Å². The average molecular weight is 264 g/mol. The van der Waals surface area contributed by atoms with Crippen molar-refractivity contribution >= 4 is 5.69 Å². The summed E-state index contributed by atoms with van der Waals surface area (Å²) in [5, 5.41) is 3.82. The first-order chi connectivity index (χ1) is 9.13. The Labute approximate surface area is 109 Å². The predicted octanol–water partition coefficient (Wildman–Crippen LogP) is 3.21. The summed E-state index contributed by atoms with van der Waals surface area (Å²) < 4.78 is 32.3. The summed E-state index contributed by atoms with van der Waals surface area (Å²) in [5.74, 6) is -0.339. The van der Waals surface area contributed by atoms with Crippen LogP contribution in [-0.2, 0) is 13.0 Å². The minimum atomic E-state index is -0.520. The second-order valence-corrected chi connectivity index (χ2v) is 4.86. The van der Waals surface area contributed by atoms with Crippen LogP contribution in [0.2, 0.25) is 0 Å². The molecule has 2 aromatic rings. The zero-order chi connectivity index (χ0) is 13.4. The number of aromatic nitrogens is 1. The van der Waals surface area contributed by atoms with E-state index in [9.17, 15) is 8.78 Å². The minimum Gasteiger partial charge on any atom is -0.361 e. The molecule has 0 radical (unpaired) electrons. The van der Waals surface area contributed by atoms with Gasteiger partial charge in [-0.05, 0) is 31.4 Å². The standard InChI is InChI=1S/C14H14F2N2O/c1-9-5-12(19-17-9)8-18-4-2-3-10-6-11(15)7-13(16)14(10)18/h5-7H,2-4,8H2,1H3. The van der Waals surface area contributed by atoms with Gasteiger partial charge in [-0.15, -0.1) is 0 Å². The number of nitrogens with zero attached hydrogens (tertiary/aromatic N) is 2. The summed E-state index contributed by atoms with van der Waals surface area (Å²) in [7, 11) is 0. The van der Waals surface area contributed by atoms with E-state index < -0.39 is 11.6 Å². The van der Waals surface area contributed by atoms with Crippen LogP contribution in [0.3, 0.4) is 0 Å². The third-order valence-electron chi connectivity index (χ3n) is 3.32. The number of fused-ring (bicyclic) bond motifs is 1. The van der Waals surface area contributed by atoms with Crippen molar-refractivity contribution in [2.75, 3.05) is 11.4 Å². The van der Waals surface area contributed by atoms with E-state index in [2.05, 4.69) is 5.16 Å². The van der Waals surface area contributed by atoms with Gasteiger partial charge in [0.15, 0.2) is 5.76 Å². The molecule has 0 saturated carbocycles. The predicted molar refractivity (Wildman–Crippen MR) is 67.0 cm³/mol. The molecule has 0 fully saturated rings. The maximum absolute atomic E-state index is 14.0. The van der Waals surface area contributed by atoms with Gasteiger partial charge in [0, 0.05) is 18.7 Å². The van der Waals surface area contributed by atoms with E-state index in [1.165, 1.54) is 6.07 Å². The third kappa shape index (κ3) is 2.32. The summed E-state index contributed by atoms with van der Waals surface area (Å²) in [6.45, 7) is 3.03. The van der Waals surface area contributed by atoms with Crippen LogP contribution in [0, 0.1) is 18.6 Å². The first-order valence-corrected chi connectivity index (χ1v) is 6.28. The molecule has 1 aliphatic heterocycles. The lowest BCUT2D eigenvalue weighted by Crippen LogP contribution is -2.29. The van der Waals surface area contributed by atoms with E-state index in [1.54, 1.807) is 0 Å². The van der Waals surface area contributed by atoms with Crippen LogP contribution in [0.15, 0.2) is 22.7 Å². The second-order valence-electron chi connectivity index (χ2n) is 4.86. The molecular formula is C14H14F2N2O. The Balaban J connectivity index is 1.94. The molecule has 0 atom stereocenters. The fourth-order valence-corrected chi connectivity index (χ4v) is 2.57. The molecule has 1 aliphatic rings. The fourth-order valence-electron chi connectivity index (χ4n) is 2.57. The van der Waals surface area contributed by atoms with Gasteiger partial charge in [-0.3, -0.25) is 0 Å². The van der Waals surface area contributed by atoms with Crippen LogP contribution < -0.4 is 4.90 Å². The van der Waals surface area contributed by atoms with Gasteiger partial charge in [0.25, 0.3) is 0 Å². The zero-order valence-corrected chi connectivity index (χ0v) is 10.6. The molecule has 1 aromatic carbocycles. The van der Waals surface area contributed by atoms with E-state index in [0.29, 0.717) is 24.4 Å². The SMILES string of the molecule is Cc1cc(CN2CCCc3cc(F)cc(F)c32)on1. The molecule has 0 N–H and O–H groups in total. The Bertz CT molecular complexity index is 609. The Morgan fingerprint density at radius 1 is 1.32 bits per heavy atom. The van der Waals surface area contributed by atoms with Gasteiger partial charge in [0.1, 0.15) is 11.6 Å². The molecule has 2 heterocycles. The molecule has 3 nitrogen and oxygen atoms in total. The van der Waals surface area contributed by atoms with Crippen molar-refractivity contribution in [3.05, 3.63) is 46.9 Å². The van der Waals surface area contributed by atoms with Crippen molar-refractivity contribution in [1.29, 1.82) is 0 Å². The first-order valence-electron chi connectivity index (χ1n) is 6.28. The Hall–Kier alpha value is -1.91. The van der Waals surface area contributed by atoms with E-state index >= 15 is 0 Å². The largest absolute Gasteiger partial charge is 0.361 e. The van der Waals surface area contributed by atoms with Gasteiger partial charge in [0.05, 0.1) is 17.9 Å². The van der Waals surface area contributed by atoms with E-state index in [-0.39, 0.29) is 0 Å². The molecule has 0 bridgehead atoms. The number of hydrogen-bond acceptors (Lipinski definition) is 3. The van der Waals surface area contributed by atoms with Crippen LogP contribution in [0.4, 0.5) is 14.5 Å². The van der Waals surface area contributed by atoms with Crippen LogP contribution in [0.1, 0.15) is 23.4 Å². The van der Waals surface area contributed by atoms with Crippen molar-refractivity contribution in [2.24, 2.45) is 0 Å². The van der Waals surface area contributed by atoms with Gasteiger partial charge in [-0.25, -0.2) is 8.78 Å². The molecule has 19 heavy (non-hydrogen) atoms. The molecule has 3 rings (SSSR count). The number of anilines is 1. The Morgan fingerprint density at radius 2 is 2.16 bits per heavy atom. The number of benzene rings is 1. The number of rotatable bonds is 2. The van der Waals surface area contributed by atoms with Gasteiger partial charge in [0.2, 0.25) is 0 Å². The molecule has 0 unspecified atom stereocenters. The molecule has 0 aliphatic carbocycles. The average Bonchev–Trinajstić information content (AvgIpc) is 2.74. The minimum absolute atomic E-state index is 0.455. The highest BCUT2D eigenvalue weighted by atomic mass is 19.1. The molecule has 5 heteroatoms. The summed E-state index contributed by atoms with van der Waals surface area (Å²) in [6, 6.07) is 4.18. The number of aryl methyl sites for hydroxylation is 2. The first kappa shape index (κ1) is 12.1. The van der Waals surface area contributed by atoms with Gasteiger partial charge in [-0.2, -0.15) is 0 Å². The highest BCUT2D eigenvalue weighted by Gasteiger charge is 2.23. The van der Waals surface area contributed by atoms with Crippen LogP contribution in [-0.4, -0.2) is 11.7 Å². The van der Waals surface area contributed by atoms with Crippen molar-refractivity contribution in [1.82, 2.24) is 5.16 Å². The normalized spacial score (nSPS) is 14.6. The maximum atomic E-state index is 14.0. The van der Waals surface area contributed by atoms with Crippen molar-refractivity contribution in [3.8, 4) is 0 Å². The van der Waals surface area contributed by atoms with Crippen LogP contribution >= 0.6 is 0 Å². The fraction of sp³-hybridized carbons (Fsp3) is 0.357. The highest BCUT2D eigenvalue weighted by Crippen LogP contribution is 2.32. The smallest absolute Gasteiger partial charge is 0.156 e. The Kier molecular flexibility index (Phi) is 2.97. The number of hydrogen-bond donors (Lipinski definition) is 0. The van der Waals surface area contributed by atoms with Gasteiger partial charge < -0.3 is 9.42 Å². The topological polar surface area (TPSA) is 29.3 Å². The third-order valence-corrected chi connectivity index (χ3v) is 3.32. The molecule has 1 aromatic heterocycles. The quantitative estimate of drug-likeness (QED) is 0.834. The maximum Gasteiger partial charge on any atom is 0.156 e. The van der Waals surface area contributed by atoms with Gasteiger partial charge >= 0.3 is 0 Å². The molecule has 0 saturated heterocycles. The van der Waals surface area contributed by atoms with Gasteiger partial charge in [-0.1, -0.05) is 5.16 Å². The molecule has 100 valence electrons.